The third-order valence-corrected chi connectivity index (χ3v) is 5.82. The van der Waals surface area contributed by atoms with E-state index in [0.29, 0.717) is 29.2 Å². The number of nitrogens with zero attached hydrogens (tertiary/aromatic N) is 4. The molecule has 3 aromatic rings. The van der Waals surface area contributed by atoms with Crippen LogP contribution in [0.5, 0.6) is 5.75 Å². The zero-order valence-corrected chi connectivity index (χ0v) is 18.4. The smallest absolute Gasteiger partial charge is 0.255 e. The number of hydrogen-bond acceptors (Lipinski definition) is 6. The number of nitrogens with two attached hydrogens (primary N) is 1. The molecule has 4 rings (SSSR count). The predicted octanol–water partition coefficient (Wildman–Crippen LogP) is 3.08. The highest BCUT2D eigenvalue weighted by Crippen LogP contribution is 2.32. The quantitative estimate of drug-likeness (QED) is 0.539. The summed E-state index contributed by atoms with van der Waals surface area (Å²) in [6.45, 7) is 1.88. The number of phenols is 1. The molecule has 0 bridgehead atoms. The maximum absolute atomic E-state index is 12.9. The molecule has 2 aromatic heterocycles. The molecule has 0 unspecified atom stereocenters. The highest BCUT2D eigenvalue weighted by molar-refractivity contribution is 6.35. The van der Waals surface area contributed by atoms with Crippen molar-refractivity contribution in [1.29, 1.82) is 0 Å². The minimum Gasteiger partial charge on any atom is -0.506 e. The molecule has 4 N–H and O–H groups in total. The number of halogens is 2. The Balaban J connectivity index is 1.42. The van der Waals surface area contributed by atoms with Crippen LogP contribution in [0, 0.1) is 0 Å². The van der Waals surface area contributed by atoms with Crippen LogP contribution in [0.4, 0.5) is 5.82 Å². The standard InChI is InChI=1S/C21H22Cl2N6O2/c1-28-9-14(8-26-28)12-5-17(20(24)25-7-12)21(31)27-16-2-3-29(11-16)10-13-4-15(22)6-18(23)19(13)30/h4-9,16,30H,2-3,10-11H2,1H3,(H2,24,25)(H,27,31)/t16-/m1/s1. The molecule has 1 aliphatic heterocycles. The Bertz CT molecular complexity index is 1130. The third-order valence-electron chi connectivity index (χ3n) is 5.31. The van der Waals surface area contributed by atoms with Crippen molar-refractivity contribution in [2.75, 3.05) is 18.8 Å². The lowest BCUT2D eigenvalue weighted by atomic mass is 10.1. The van der Waals surface area contributed by atoms with Gasteiger partial charge in [0, 0.05) is 66.8 Å². The molecule has 1 aromatic carbocycles. The molecule has 0 aliphatic carbocycles. The average molecular weight is 461 g/mol. The van der Waals surface area contributed by atoms with Crippen LogP contribution in [-0.2, 0) is 13.6 Å². The summed E-state index contributed by atoms with van der Waals surface area (Å²) in [5, 5.41) is 18.1. The Labute approximate surface area is 189 Å². The van der Waals surface area contributed by atoms with Gasteiger partial charge in [-0.3, -0.25) is 14.4 Å². The van der Waals surface area contributed by atoms with E-state index in [9.17, 15) is 9.90 Å². The number of aromatic hydroxyl groups is 1. The number of benzene rings is 1. The molecule has 1 amide bonds. The molecule has 0 spiro atoms. The van der Waals surface area contributed by atoms with E-state index < -0.39 is 0 Å². The van der Waals surface area contributed by atoms with Crippen molar-refractivity contribution in [2.24, 2.45) is 7.05 Å². The number of anilines is 1. The largest absolute Gasteiger partial charge is 0.506 e. The molecule has 1 fully saturated rings. The molecule has 8 nitrogen and oxygen atoms in total. The molecule has 1 aliphatic rings. The maximum Gasteiger partial charge on any atom is 0.255 e. The van der Waals surface area contributed by atoms with E-state index in [1.165, 1.54) is 6.07 Å². The lowest BCUT2D eigenvalue weighted by Crippen LogP contribution is -2.37. The van der Waals surface area contributed by atoms with Crippen LogP contribution < -0.4 is 11.1 Å². The average Bonchev–Trinajstić information content (AvgIpc) is 3.35. The first kappa shape index (κ1) is 21.4. The molecule has 10 heteroatoms. The number of aryl methyl sites for hydroxylation is 1. The maximum atomic E-state index is 12.9. The molecule has 1 saturated heterocycles. The number of amides is 1. The van der Waals surface area contributed by atoms with Crippen molar-refractivity contribution in [3.63, 3.8) is 0 Å². The second-order valence-electron chi connectivity index (χ2n) is 7.65. The number of pyridine rings is 1. The van der Waals surface area contributed by atoms with Gasteiger partial charge in [0.25, 0.3) is 5.91 Å². The molecule has 1 atom stereocenters. The third kappa shape index (κ3) is 4.76. The Morgan fingerprint density at radius 2 is 2.10 bits per heavy atom. The lowest BCUT2D eigenvalue weighted by Gasteiger charge is -2.18. The fourth-order valence-electron chi connectivity index (χ4n) is 3.72. The predicted molar refractivity (Wildman–Crippen MR) is 120 cm³/mol. The van der Waals surface area contributed by atoms with E-state index >= 15 is 0 Å². The monoisotopic (exact) mass is 460 g/mol. The Hall–Kier alpha value is -2.81. The fraction of sp³-hybridized carbons (Fsp3) is 0.286. The van der Waals surface area contributed by atoms with E-state index in [1.807, 2.05) is 13.2 Å². The van der Waals surface area contributed by atoms with Gasteiger partial charge in [-0.25, -0.2) is 4.98 Å². The Morgan fingerprint density at radius 3 is 2.84 bits per heavy atom. The van der Waals surface area contributed by atoms with Crippen LogP contribution in [0.25, 0.3) is 11.1 Å². The summed E-state index contributed by atoms with van der Waals surface area (Å²) in [7, 11) is 1.82. The number of aromatic nitrogens is 3. The minimum atomic E-state index is -0.267. The van der Waals surface area contributed by atoms with Crippen molar-refractivity contribution >= 4 is 34.9 Å². The lowest BCUT2D eigenvalue weighted by molar-refractivity contribution is 0.0938. The number of likely N-dealkylation sites (tertiary alicyclic amines) is 1. The van der Waals surface area contributed by atoms with E-state index in [-0.39, 0.29) is 28.5 Å². The summed E-state index contributed by atoms with van der Waals surface area (Å²) >= 11 is 12.1. The van der Waals surface area contributed by atoms with Gasteiger partial charge in [-0.05, 0) is 24.6 Å². The van der Waals surface area contributed by atoms with Crippen LogP contribution in [0.1, 0.15) is 22.3 Å². The second-order valence-corrected chi connectivity index (χ2v) is 8.49. The molecule has 0 radical (unpaired) electrons. The van der Waals surface area contributed by atoms with E-state index in [0.717, 1.165) is 24.1 Å². The van der Waals surface area contributed by atoms with Crippen LogP contribution in [-0.4, -0.2) is 49.8 Å². The van der Waals surface area contributed by atoms with Gasteiger partial charge in [-0.1, -0.05) is 23.2 Å². The Morgan fingerprint density at radius 1 is 1.29 bits per heavy atom. The zero-order valence-electron chi connectivity index (χ0n) is 16.8. The first-order valence-corrected chi connectivity index (χ1v) is 10.5. The second kappa shape index (κ2) is 8.74. The van der Waals surface area contributed by atoms with Crippen molar-refractivity contribution in [3.05, 3.63) is 58.0 Å². The highest BCUT2D eigenvalue weighted by atomic mass is 35.5. The fourth-order valence-corrected chi connectivity index (χ4v) is 4.26. The minimum absolute atomic E-state index is 0.0321. The number of hydrogen-bond donors (Lipinski definition) is 3. The van der Waals surface area contributed by atoms with E-state index in [1.54, 1.807) is 29.2 Å². The molecular weight excluding hydrogens is 439 g/mol. The van der Waals surface area contributed by atoms with Gasteiger partial charge in [0.1, 0.15) is 11.6 Å². The van der Waals surface area contributed by atoms with Gasteiger partial charge in [0.05, 0.1) is 16.8 Å². The van der Waals surface area contributed by atoms with Gasteiger partial charge in [0.2, 0.25) is 0 Å². The van der Waals surface area contributed by atoms with Crippen molar-refractivity contribution in [1.82, 2.24) is 25.0 Å². The zero-order chi connectivity index (χ0) is 22.1. The van der Waals surface area contributed by atoms with Crippen LogP contribution in [0.3, 0.4) is 0 Å². The van der Waals surface area contributed by atoms with Crippen LogP contribution >= 0.6 is 23.2 Å². The van der Waals surface area contributed by atoms with E-state index in [4.69, 9.17) is 28.9 Å². The normalized spacial score (nSPS) is 16.5. The number of nitrogen functional groups attached to an aromatic ring is 1. The van der Waals surface area contributed by atoms with Gasteiger partial charge < -0.3 is 16.2 Å². The molecule has 0 saturated carbocycles. The number of carbonyl (C=O) groups is 1. The summed E-state index contributed by atoms with van der Waals surface area (Å²) in [4.78, 5) is 19.2. The number of nitrogens with one attached hydrogen (secondary N) is 1. The van der Waals surface area contributed by atoms with Gasteiger partial charge in [0.15, 0.2) is 0 Å². The first-order chi connectivity index (χ1) is 14.8. The SMILES string of the molecule is Cn1cc(-c2cnc(N)c(C(=O)N[C@@H]3CCN(Cc4cc(Cl)cc(Cl)c4O)C3)c2)cn1. The summed E-state index contributed by atoms with van der Waals surface area (Å²) in [6.07, 6.45) is 5.96. The summed E-state index contributed by atoms with van der Waals surface area (Å²) in [5.74, 6) is -0.0562. The van der Waals surface area contributed by atoms with Crippen LogP contribution in [0.2, 0.25) is 10.0 Å². The number of rotatable bonds is 5. The molecule has 3 heterocycles. The van der Waals surface area contributed by atoms with Gasteiger partial charge in [-0.2, -0.15) is 5.10 Å². The number of phenolic OH excluding ortho intramolecular Hbond substituents is 1. The van der Waals surface area contributed by atoms with Crippen molar-refractivity contribution < 1.29 is 9.90 Å². The first-order valence-electron chi connectivity index (χ1n) is 9.75. The summed E-state index contributed by atoms with van der Waals surface area (Å²) in [6, 6.07) is 4.89. The van der Waals surface area contributed by atoms with Crippen molar-refractivity contribution in [3.8, 4) is 16.9 Å². The Kier molecular flexibility index (Phi) is 6.04. The summed E-state index contributed by atoms with van der Waals surface area (Å²) in [5.41, 5.74) is 8.58. The number of carbonyl (C=O) groups excluding carboxylic acids is 1. The molecule has 31 heavy (non-hydrogen) atoms. The topological polar surface area (TPSA) is 109 Å². The van der Waals surface area contributed by atoms with E-state index in [2.05, 4.69) is 20.3 Å². The van der Waals surface area contributed by atoms with Gasteiger partial charge >= 0.3 is 0 Å². The van der Waals surface area contributed by atoms with Crippen LogP contribution in [0.15, 0.2) is 36.8 Å². The van der Waals surface area contributed by atoms with Crippen molar-refractivity contribution in [2.45, 2.75) is 19.0 Å². The highest BCUT2D eigenvalue weighted by Gasteiger charge is 2.26. The molecular formula is C21H22Cl2N6O2. The van der Waals surface area contributed by atoms with Gasteiger partial charge in [-0.15, -0.1) is 0 Å². The summed E-state index contributed by atoms with van der Waals surface area (Å²) < 4.78 is 1.68. The molecule has 162 valence electrons.